The normalized spacial score (nSPS) is 18.9. The molecular weight excluding hydrogens is 445 g/mol. The van der Waals surface area contributed by atoms with Crippen LogP contribution in [0, 0.1) is 0 Å². The Labute approximate surface area is 208 Å². The fourth-order valence-electron chi connectivity index (χ4n) is 4.56. The molecule has 1 aromatic carbocycles. The summed E-state index contributed by atoms with van der Waals surface area (Å²) in [6.45, 7) is 7.28. The fraction of sp³-hybridized carbons (Fsp3) is 0.423. The number of benzene rings is 1. The number of pyridine rings is 1. The van der Waals surface area contributed by atoms with E-state index in [-0.39, 0.29) is 5.91 Å². The summed E-state index contributed by atoms with van der Waals surface area (Å²) in [5.74, 6) is -0.185. The Kier molecular flexibility index (Phi) is 8.06. The monoisotopic (exact) mass is 476 g/mol. The predicted octanol–water partition coefficient (Wildman–Crippen LogP) is 3.26. The maximum atomic E-state index is 13.2. The molecule has 0 spiro atoms. The predicted molar refractivity (Wildman–Crippen MR) is 140 cm³/mol. The van der Waals surface area contributed by atoms with Gasteiger partial charge in [-0.2, -0.15) is 0 Å². The van der Waals surface area contributed by atoms with Crippen molar-refractivity contribution in [2.45, 2.75) is 32.3 Å². The van der Waals surface area contributed by atoms with Gasteiger partial charge in [0.25, 0.3) is 5.91 Å². The van der Waals surface area contributed by atoms with Crippen LogP contribution < -0.4 is 10.2 Å². The lowest BCUT2D eigenvalue weighted by atomic mass is 10.0. The number of halogens is 1. The number of allylic oxidation sites excluding steroid dienone is 1. The fourth-order valence-corrected chi connectivity index (χ4v) is 4.68. The molecule has 176 valence electrons. The zero-order valence-electron chi connectivity index (χ0n) is 20.0. The molecule has 2 aromatic rings. The third-order valence-electron chi connectivity index (χ3n) is 6.39. The van der Waals surface area contributed by atoms with Crippen molar-refractivity contribution in [3.63, 3.8) is 0 Å². The highest BCUT2D eigenvalue weighted by Gasteiger charge is 2.25. The van der Waals surface area contributed by atoms with Crippen molar-refractivity contribution in [1.82, 2.24) is 15.2 Å². The van der Waals surface area contributed by atoms with E-state index in [1.807, 2.05) is 30.3 Å². The number of nitrogens with one attached hydrogen (secondary N) is 1. The zero-order chi connectivity index (χ0) is 24.1. The summed E-state index contributed by atoms with van der Waals surface area (Å²) < 4.78 is 2.22. The maximum Gasteiger partial charge on any atom is 0.270 e. The van der Waals surface area contributed by atoms with Gasteiger partial charge < -0.3 is 15.1 Å². The van der Waals surface area contributed by atoms with E-state index < -0.39 is 0 Å². The Morgan fingerprint density at radius 2 is 2.06 bits per heavy atom. The van der Waals surface area contributed by atoms with Crippen molar-refractivity contribution in [2.75, 3.05) is 44.7 Å². The molecule has 1 aromatic heterocycles. The molecular formula is C26H32BClN5O+. The number of likely N-dealkylation sites (N-methyl/N-ethyl adjacent to an activating group) is 1. The van der Waals surface area contributed by atoms with Gasteiger partial charge in [0.1, 0.15) is 18.8 Å². The molecule has 6 nitrogen and oxygen atoms in total. The molecule has 0 saturated carbocycles. The molecule has 8 heteroatoms. The van der Waals surface area contributed by atoms with Gasteiger partial charge in [-0.1, -0.05) is 29.8 Å². The van der Waals surface area contributed by atoms with Crippen LogP contribution in [-0.4, -0.2) is 80.2 Å². The summed E-state index contributed by atoms with van der Waals surface area (Å²) in [5.41, 5.74) is 4.31. The Bertz CT molecular complexity index is 1090. The van der Waals surface area contributed by atoms with Crippen molar-refractivity contribution >= 4 is 42.8 Å². The summed E-state index contributed by atoms with van der Waals surface area (Å²) in [6, 6.07) is 11.9. The average molecular weight is 477 g/mol. The zero-order valence-corrected chi connectivity index (χ0v) is 20.8. The van der Waals surface area contributed by atoms with Gasteiger partial charge in [0.05, 0.1) is 19.1 Å². The number of piperazine rings is 1. The average Bonchev–Trinajstić information content (AvgIpc) is 2.83. The molecule has 2 aliphatic rings. The first-order valence-corrected chi connectivity index (χ1v) is 12.3. The van der Waals surface area contributed by atoms with Crippen molar-refractivity contribution < 1.29 is 9.37 Å². The largest absolute Gasteiger partial charge is 0.366 e. The molecule has 2 radical (unpaired) electrons. The van der Waals surface area contributed by atoms with Gasteiger partial charge >= 0.3 is 0 Å². The second-order valence-corrected chi connectivity index (χ2v) is 9.55. The number of carbonyl (C=O) groups is 1. The lowest BCUT2D eigenvalue weighted by molar-refractivity contribution is -0.518. The number of rotatable bonds is 7. The second kappa shape index (κ2) is 11.2. The number of amides is 1. The summed E-state index contributed by atoms with van der Waals surface area (Å²) in [7, 11) is 7.93. The van der Waals surface area contributed by atoms with Crippen LogP contribution in [-0.2, 0) is 6.54 Å². The molecule has 1 fully saturated rings. The molecule has 1 N–H and O–H groups in total. The van der Waals surface area contributed by atoms with Crippen LogP contribution in [0.5, 0.6) is 0 Å². The van der Waals surface area contributed by atoms with Gasteiger partial charge in [-0.05, 0) is 50.1 Å². The van der Waals surface area contributed by atoms with E-state index >= 15 is 0 Å². The smallest absolute Gasteiger partial charge is 0.270 e. The molecule has 0 bridgehead atoms. The van der Waals surface area contributed by atoms with E-state index in [0.717, 1.165) is 61.7 Å². The third-order valence-corrected chi connectivity index (χ3v) is 6.64. The number of anilines is 1. The van der Waals surface area contributed by atoms with Crippen LogP contribution in [0.4, 0.5) is 5.69 Å². The van der Waals surface area contributed by atoms with Gasteiger partial charge in [-0.15, -0.1) is 0 Å². The van der Waals surface area contributed by atoms with E-state index in [0.29, 0.717) is 29.6 Å². The highest BCUT2D eigenvalue weighted by atomic mass is 35.5. The maximum absolute atomic E-state index is 13.2. The Balaban J connectivity index is 1.63. The molecule has 3 heterocycles. The van der Waals surface area contributed by atoms with Crippen LogP contribution >= 0.6 is 11.6 Å². The summed E-state index contributed by atoms with van der Waals surface area (Å²) >= 11 is 5.98. The number of nitrogens with zero attached hydrogens (tertiary/aromatic N) is 4. The van der Waals surface area contributed by atoms with Crippen LogP contribution in [0.25, 0.3) is 5.57 Å². The minimum atomic E-state index is -0.185. The van der Waals surface area contributed by atoms with Crippen molar-refractivity contribution in [2.24, 2.45) is 0 Å². The number of carbonyl (C=O) groups excluding carboxylic acids is 1. The second-order valence-electron chi connectivity index (χ2n) is 9.11. The number of hydrogen-bond acceptors (Lipinski definition) is 4. The first kappa shape index (κ1) is 24.5. The van der Waals surface area contributed by atoms with E-state index in [1.54, 1.807) is 0 Å². The van der Waals surface area contributed by atoms with Crippen molar-refractivity contribution in [3.05, 3.63) is 64.4 Å². The quantitative estimate of drug-likeness (QED) is 0.492. The molecule has 2 aliphatic heterocycles. The van der Waals surface area contributed by atoms with Crippen LogP contribution in [0.15, 0.2) is 42.5 Å². The van der Waals surface area contributed by atoms with Crippen molar-refractivity contribution in [1.29, 1.82) is 0 Å². The van der Waals surface area contributed by atoms with Gasteiger partial charge in [-0.25, -0.2) is 9.56 Å². The number of aromatic nitrogens is 1. The highest BCUT2D eigenvalue weighted by molar-refractivity contribution is 6.30. The van der Waals surface area contributed by atoms with Gasteiger partial charge in [0.2, 0.25) is 0 Å². The molecule has 1 unspecified atom stereocenters. The summed E-state index contributed by atoms with van der Waals surface area (Å²) in [6.07, 6.45) is 5.85. The first-order valence-electron chi connectivity index (χ1n) is 11.9. The van der Waals surface area contributed by atoms with Crippen LogP contribution in [0.3, 0.4) is 0 Å². The Morgan fingerprint density at radius 3 is 2.79 bits per heavy atom. The van der Waals surface area contributed by atoms with Gasteiger partial charge in [0.15, 0.2) is 6.21 Å². The standard InChI is InChI=1S/C26H31BClN5O/c1-19-17-31(2)12-13-33(19)23-14-24(21-4-3-10-32(18-21)11-9-27)30-25(15-23)26(34)29-16-20-5-7-22(28)8-6-20/h4-8,14-15,18-19H,3,9-13,16-17H2,1-2H3/p+1. The summed E-state index contributed by atoms with van der Waals surface area (Å²) in [4.78, 5) is 22.7. The molecule has 1 saturated heterocycles. The van der Waals surface area contributed by atoms with Crippen LogP contribution in [0.1, 0.15) is 35.1 Å². The molecule has 4 rings (SSSR count). The summed E-state index contributed by atoms with van der Waals surface area (Å²) in [5, 5.41) is 3.69. The lowest BCUT2D eigenvalue weighted by Gasteiger charge is -2.40. The van der Waals surface area contributed by atoms with Gasteiger partial charge in [0, 0.05) is 49.4 Å². The van der Waals surface area contributed by atoms with Crippen molar-refractivity contribution in [3.8, 4) is 0 Å². The SMILES string of the molecule is [B]CC[N+]1=CC(c2cc(N3CCN(C)CC3C)cc(C(=O)NCc3ccc(Cl)cc3)n2)=CCC1. The van der Waals surface area contributed by atoms with E-state index in [4.69, 9.17) is 24.4 Å². The first-order chi connectivity index (χ1) is 16.4. The highest BCUT2D eigenvalue weighted by Crippen LogP contribution is 2.26. The van der Waals surface area contributed by atoms with Gasteiger partial charge in [-0.3, -0.25) is 4.79 Å². The molecule has 34 heavy (non-hydrogen) atoms. The Hall–Kier alpha value is -2.64. The lowest BCUT2D eigenvalue weighted by Crippen LogP contribution is -2.50. The third kappa shape index (κ3) is 6.07. The van der Waals surface area contributed by atoms with E-state index in [2.05, 4.69) is 52.0 Å². The van der Waals surface area contributed by atoms with E-state index in [9.17, 15) is 4.79 Å². The Morgan fingerprint density at radius 1 is 1.26 bits per heavy atom. The molecule has 0 aliphatic carbocycles. The van der Waals surface area contributed by atoms with Crippen LogP contribution in [0.2, 0.25) is 11.3 Å². The number of hydrogen-bond donors (Lipinski definition) is 1. The topological polar surface area (TPSA) is 51.5 Å². The molecule has 1 atom stereocenters. The van der Waals surface area contributed by atoms with E-state index in [1.165, 1.54) is 0 Å². The minimum Gasteiger partial charge on any atom is -0.366 e. The minimum absolute atomic E-state index is 0.185. The molecule has 1 amide bonds.